The number of nitrogens with one attached hydrogen (secondary N) is 1. The van der Waals surface area contributed by atoms with Crippen molar-refractivity contribution in [3.05, 3.63) is 48.0 Å². The predicted molar refractivity (Wildman–Crippen MR) is 298 cm³/mol. The molecule has 0 saturated carbocycles. The maximum atomic E-state index is 14.5. The molecule has 85 heavy (non-hydrogen) atoms. The summed E-state index contributed by atoms with van der Waals surface area (Å²) in [5.74, 6) is -9.19. The van der Waals surface area contributed by atoms with Gasteiger partial charge in [0.2, 0.25) is 5.91 Å². The van der Waals surface area contributed by atoms with E-state index in [4.69, 9.17) is 56.8 Å². The molecule has 3 heterocycles. The first-order valence-corrected chi connectivity index (χ1v) is 28.2. The number of ether oxygens (including phenoxy) is 12. The van der Waals surface area contributed by atoms with E-state index in [1.54, 1.807) is 62.3 Å². The molecule has 0 unspecified atom stereocenters. The Morgan fingerprint density at radius 1 is 0.635 bits per heavy atom. The van der Waals surface area contributed by atoms with Crippen LogP contribution in [0.15, 0.2) is 42.5 Å². The highest BCUT2D eigenvalue weighted by Gasteiger charge is 2.61. The van der Waals surface area contributed by atoms with Crippen molar-refractivity contribution in [2.24, 2.45) is 27.1 Å². The molecule has 2 aromatic rings. The van der Waals surface area contributed by atoms with Gasteiger partial charge in [-0.25, -0.2) is 4.79 Å². The van der Waals surface area contributed by atoms with Crippen LogP contribution >= 0.6 is 0 Å². The average Bonchev–Trinajstić information content (AvgIpc) is 1.08. The molecular weight excluding hydrogens is 1120 g/mol. The minimum Gasteiger partial charge on any atom is -0.465 e. The molecule has 1 amide bonds. The van der Waals surface area contributed by atoms with Gasteiger partial charge in [-0.2, -0.15) is 0 Å². The van der Waals surface area contributed by atoms with Crippen molar-refractivity contribution >= 4 is 52.5 Å². The van der Waals surface area contributed by atoms with Crippen LogP contribution in [0.1, 0.15) is 123 Å². The number of aliphatic hydroxyl groups is 5. The van der Waals surface area contributed by atoms with Gasteiger partial charge in [0.15, 0.2) is 37.0 Å². The molecule has 3 fully saturated rings. The Morgan fingerprint density at radius 2 is 1.13 bits per heavy atom. The third-order valence-corrected chi connectivity index (χ3v) is 14.0. The Balaban J connectivity index is 1.75. The number of carbonyl (C=O) groups excluding carboxylic acids is 7. The van der Waals surface area contributed by atoms with Gasteiger partial charge in [-0.15, -0.1) is 0 Å². The fourth-order valence-electron chi connectivity index (χ4n) is 8.93. The largest absolute Gasteiger partial charge is 0.465 e. The van der Waals surface area contributed by atoms with E-state index < -0.39 is 193 Å². The van der Waals surface area contributed by atoms with Crippen LogP contribution in [0.3, 0.4) is 0 Å². The van der Waals surface area contributed by atoms with E-state index in [0.29, 0.717) is 5.56 Å². The lowest BCUT2D eigenvalue weighted by Gasteiger charge is -2.50. The summed E-state index contributed by atoms with van der Waals surface area (Å²) in [6, 6.07) is 11.5. The van der Waals surface area contributed by atoms with Gasteiger partial charge in [0.05, 0.1) is 66.2 Å². The first kappa shape index (κ1) is 70.3. The van der Waals surface area contributed by atoms with Gasteiger partial charge >= 0.3 is 35.8 Å². The summed E-state index contributed by atoms with van der Waals surface area (Å²) in [5, 5.41) is 59.8. The molecule has 25 nitrogen and oxygen atoms in total. The summed E-state index contributed by atoms with van der Waals surface area (Å²) in [7, 11) is 0.929. The maximum absolute atomic E-state index is 14.5. The van der Waals surface area contributed by atoms with Gasteiger partial charge in [0.1, 0.15) is 49.3 Å². The number of hydrogen-bond acceptors (Lipinski definition) is 24. The first-order valence-electron chi connectivity index (χ1n) is 28.2. The average molecular weight is 1210 g/mol. The first-order chi connectivity index (χ1) is 39.1. The van der Waals surface area contributed by atoms with Gasteiger partial charge in [0.25, 0.3) is 5.79 Å². The lowest BCUT2D eigenvalue weighted by Crippen LogP contribution is -2.69. The Bertz CT molecular complexity index is 2660. The fraction of sp³-hybridized carbons (Fsp3) is 0.717. The fourth-order valence-corrected chi connectivity index (χ4v) is 8.93. The van der Waals surface area contributed by atoms with Crippen molar-refractivity contribution in [1.29, 1.82) is 0 Å². The zero-order valence-corrected chi connectivity index (χ0v) is 51.7. The lowest BCUT2D eigenvalue weighted by molar-refractivity contribution is -0.370. The summed E-state index contributed by atoms with van der Waals surface area (Å²) in [4.78, 5) is 97.0. The highest BCUT2D eigenvalue weighted by molar-refractivity contribution is 5.85. The quantitative estimate of drug-likeness (QED) is 0.0868. The van der Waals surface area contributed by atoms with E-state index in [9.17, 15) is 59.1 Å². The van der Waals surface area contributed by atoms with E-state index in [1.165, 1.54) is 41.5 Å². The number of hydrogen-bond donors (Lipinski definition) is 6. The smallest absolute Gasteiger partial charge is 0.366 e. The van der Waals surface area contributed by atoms with Crippen LogP contribution in [-0.4, -0.2) is 192 Å². The van der Waals surface area contributed by atoms with E-state index in [2.05, 4.69) is 5.32 Å². The third-order valence-electron chi connectivity index (χ3n) is 14.0. The van der Waals surface area contributed by atoms with Crippen molar-refractivity contribution in [3.8, 4) is 0 Å². The van der Waals surface area contributed by atoms with Gasteiger partial charge in [0, 0.05) is 13.3 Å². The van der Waals surface area contributed by atoms with Crippen molar-refractivity contribution in [2.45, 2.75) is 221 Å². The highest BCUT2D eigenvalue weighted by atomic mass is 16.8. The SMILES string of the molecule is COC(=O)[C@@]1(OC[C@H]2O[C@@H](O[C@H]3[C@H](OC(=O)C(C)(C)C)[C@@H](OC(=O)C(C)(C)C)[C@H](OCc4cccc5ccccc45)O[C@@H]3COC(=O)C(C)(C)C)[C@H](OC(=O)C(C)(C)C)[C@@H](OC(=O)C(C)(C)C)[C@H]2O)C[C@H](O)[C@@H](NC(C)=O)[C@H]([C@H](O)[C@H](O)CO)O1. The summed E-state index contributed by atoms with van der Waals surface area (Å²) in [6.45, 7) is 21.3. The Labute approximate surface area is 495 Å². The zero-order chi connectivity index (χ0) is 64.1. The van der Waals surface area contributed by atoms with Crippen LogP contribution in [0.4, 0.5) is 0 Å². The molecule has 2 aromatic carbocycles. The summed E-state index contributed by atoms with van der Waals surface area (Å²) in [5.41, 5.74) is -5.56. The van der Waals surface area contributed by atoms with Crippen LogP contribution in [-0.2, 0) is 97.0 Å². The topological polar surface area (TPSA) is 343 Å². The number of rotatable bonds is 19. The Morgan fingerprint density at radius 3 is 1.65 bits per heavy atom. The molecule has 16 atom stereocenters. The van der Waals surface area contributed by atoms with E-state index in [1.807, 2.05) is 42.5 Å². The Hall–Kier alpha value is -5.45. The summed E-state index contributed by atoms with van der Waals surface area (Å²) < 4.78 is 74.7. The van der Waals surface area contributed by atoms with E-state index in [0.717, 1.165) is 24.8 Å². The molecule has 0 spiro atoms. The number of amides is 1. The predicted octanol–water partition coefficient (Wildman–Crippen LogP) is 3.23. The van der Waals surface area contributed by atoms with Gasteiger partial charge in [-0.3, -0.25) is 28.8 Å². The van der Waals surface area contributed by atoms with Crippen LogP contribution < -0.4 is 5.32 Å². The molecule has 25 heteroatoms. The molecule has 478 valence electrons. The van der Waals surface area contributed by atoms with Crippen molar-refractivity contribution in [1.82, 2.24) is 5.32 Å². The molecule has 0 aliphatic carbocycles. The number of aliphatic hydroxyl groups excluding tert-OH is 5. The second kappa shape index (κ2) is 27.7. The molecule has 5 rings (SSSR count). The maximum Gasteiger partial charge on any atom is 0.366 e. The third kappa shape index (κ3) is 17.6. The van der Waals surface area contributed by atoms with E-state index >= 15 is 0 Å². The molecule has 0 bridgehead atoms. The minimum atomic E-state index is -2.78. The van der Waals surface area contributed by atoms with Crippen LogP contribution in [0.2, 0.25) is 0 Å². The van der Waals surface area contributed by atoms with Gasteiger partial charge in [-0.05, 0) is 120 Å². The summed E-state index contributed by atoms with van der Waals surface area (Å²) in [6.07, 6.45) is -27.4. The molecule has 3 aliphatic heterocycles. The standard InChI is InChI=1S/C60H89NO24/c1-30(63)61-38-34(64)25-60(54(73)74-17,85-42(38)39(66)35(65)26-62)77-29-36-40(67)43(81-50(69)56(5,6)7)45(83-52(71)58(11,12)13)48(78-36)80-41-37(28-76-49(68)55(2,3)4)79-47(75-27-32-23-20-22-31-21-18-19-24-33(31)32)46(84-53(72)59(14,15)16)44(41)82-51(70)57(8,9)10/h18-24,34-48,62,64-67H,25-29H2,1-17H3,(H,61,63)/t34-,35+,36+,37+,38+,39+,40-,41+,42+,43-,44-,45+,46+,47+,48-,60+/m0/s1. The molecular formula is C60H89NO24. The second-order valence-corrected chi connectivity index (χ2v) is 26.8. The number of fused-ring (bicyclic) bond motifs is 1. The van der Waals surface area contributed by atoms with Crippen LogP contribution in [0.25, 0.3) is 10.8 Å². The van der Waals surface area contributed by atoms with Gasteiger partial charge in [-0.1, -0.05) is 42.5 Å². The molecule has 6 N–H and O–H groups in total. The van der Waals surface area contributed by atoms with Crippen molar-refractivity contribution < 1.29 is 116 Å². The monoisotopic (exact) mass is 1210 g/mol. The summed E-state index contributed by atoms with van der Waals surface area (Å²) >= 11 is 0. The number of benzene rings is 2. The molecule has 0 aromatic heterocycles. The lowest BCUT2D eigenvalue weighted by atomic mass is 9.88. The van der Waals surface area contributed by atoms with Crippen molar-refractivity contribution in [3.63, 3.8) is 0 Å². The molecule has 0 radical (unpaired) electrons. The van der Waals surface area contributed by atoms with Crippen LogP contribution in [0, 0.1) is 27.1 Å². The zero-order valence-electron chi connectivity index (χ0n) is 51.7. The molecule has 3 aliphatic rings. The van der Waals surface area contributed by atoms with Crippen LogP contribution in [0.5, 0.6) is 0 Å². The van der Waals surface area contributed by atoms with Gasteiger partial charge < -0.3 is 87.7 Å². The highest BCUT2D eigenvalue weighted by Crippen LogP contribution is 2.40. The van der Waals surface area contributed by atoms with Crippen molar-refractivity contribution in [2.75, 3.05) is 26.9 Å². The molecule has 3 saturated heterocycles. The van der Waals surface area contributed by atoms with E-state index in [-0.39, 0.29) is 6.61 Å². The second-order valence-electron chi connectivity index (χ2n) is 26.8. The number of methoxy groups -OCH3 is 1. The number of esters is 6. The Kier molecular flexibility index (Phi) is 22.9. The normalized spacial score (nSPS) is 29.4. The number of carbonyl (C=O) groups is 7. The minimum absolute atomic E-state index is 0.185.